The molecule has 0 fully saturated rings. The molecule has 2 aromatic rings. The minimum atomic E-state index is 0.154. The maximum Gasteiger partial charge on any atom is 0.0410 e. The fourth-order valence-corrected chi connectivity index (χ4v) is 3.00. The molecule has 0 saturated carbocycles. The summed E-state index contributed by atoms with van der Waals surface area (Å²) >= 11 is 5.29. The van der Waals surface area contributed by atoms with Crippen molar-refractivity contribution in [3.63, 3.8) is 0 Å². The summed E-state index contributed by atoms with van der Waals surface area (Å²) in [6.07, 6.45) is 3.73. The van der Waals surface area contributed by atoms with Gasteiger partial charge in [-0.1, -0.05) is 12.1 Å². The monoisotopic (exact) mass is 364 g/mol. The Morgan fingerprint density at radius 1 is 1.10 bits per heavy atom. The molecule has 0 radical (unpaired) electrons. The van der Waals surface area contributed by atoms with E-state index in [0.717, 1.165) is 16.8 Å². The lowest BCUT2D eigenvalue weighted by atomic mass is 10.1. The van der Waals surface area contributed by atoms with E-state index in [2.05, 4.69) is 77.3 Å². The zero-order valence-electron chi connectivity index (χ0n) is 12.7. The molecule has 1 N–H and O–H groups in total. The first-order chi connectivity index (χ1) is 9.92. The van der Waals surface area contributed by atoms with Gasteiger partial charge in [0.2, 0.25) is 0 Å². The molecule has 1 heterocycles. The molecule has 2 nitrogen and oxygen atoms in total. The van der Waals surface area contributed by atoms with Crippen molar-refractivity contribution in [2.45, 2.75) is 43.5 Å². The molecule has 21 heavy (non-hydrogen) atoms. The average Bonchev–Trinajstić information content (AvgIpc) is 2.43. The summed E-state index contributed by atoms with van der Waals surface area (Å²) in [7, 11) is 0. The smallest absolute Gasteiger partial charge is 0.0410 e. The number of nitrogens with one attached hydrogen (secondary N) is 1. The van der Waals surface area contributed by atoms with Gasteiger partial charge in [0.25, 0.3) is 0 Å². The molecule has 0 aliphatic carbocycles. The van der Waals surface area contributed by atoms with E-state index in [0.29, 0.717) is 0 Å². The van der Waals surface area contributed by atoms with Crippen molar-refractivity contribution in [3.05, 3.63) is 58.3 Å². The molecule has 0 spiro atoms. The third-order valence-corrected chi connectivity index (χ3v) is 4.43. The molecular formula is C17H21BrN2S. The molecule has 4 heteroatoms. The minimum absolute atomic E-state index is 0.154. The number of halogens is 1. The molecule has 0 saturated heterocycles. The van der Waals surface area contributed by atoms with Gasteiger partial charge in [-0.3, -0.25) is 4.98 Å². The normalized spacial score (nSPS) is 11.6. The lowest BCUT2D eigenvalue weighted by Crippen LogP contribution is -2.35. The van der Waals surface area contributed by atoms with Gasteiger partial charge in [0.15, 0.2) is 0 Å². The van der Waals surface area contributed by atoms with Gasteiger partial charge in [0.1, 0.15) is 0 Å². The molecule has 0 atom stereocenters. The average molecular weight is 365 g/mol. The van der Waals surface area contributed by atoms with Gasteiger partial charge >= 0.3 is 0 Å². The summed E-state index contributed by atoms with van der Waals surface area (Å²) < 4.78 is 1.03. The van der Waals surface area contributed by atoms with Crippen molar-refractivity contribution in [1.29, 1.82) is 0 Å². The van der Waals surface area contributed by atoms with E-state index in [-0.39, 0.29) is 5.54 Å². The number of benzene rings is 1. The Balaban J connectivity index is 1.87. The third kappa shape index (κ3) is 6.20. The molecule has 2 rings (SSSR count). The number of aromatic nitrogens is 1. The van der Waals surface area contributed by atoms with E-state index in [9.17, 15) is 0 Å². The van der Waals surface area contributed by atoms with Crippen LogP contribution < -0.4 is 5.32 Å². The lowest BCUT2D eigenvalue weighted by Gasteiger charge is -2.20. The van der Waals surface area contributed by atoms with Gasteiger partial charge in [-0.05, 0) is 66.0 Å². The van der Waals surface area contributed by atoms with Crippen LogP contribution in [0, 0.1) is 0 Å². The van der Waals surface area contributed by atoms with Crippen LogP contribution in [0.5, 0.6) is 0 Å². The Hall–Kier alpha value is -0.840. The highest BCUT2D eigenvalue weighted by atomic mass is 79.9. The molecule has 112 valence electrons. The molecule has 0 bridgehead atoms. The van der Waals surface area contributed by atoms with Crippen molar-refractivity contribution in [2.24, 2.45) is 0 Å². The summed E-state index contributed by atoms with van der Waals surface area (Å²) in [6.45, 7) is 7.46. The number of hydrogen-bond donors (Lipinski definition) is 1. The third-order valence-electron chi connectivity index (χ3n) is 2.91. The molecule has 0 unspecified atom stereocenters. The van der Waals surface area contributed by atoms with Crippen LogP contribution in [-0.2, 0) is 12.3 Å². The second kappa shape index (κ2) is 7.43. The van der Waals surface area contributed by atoms with Crippen LogP contribution in [0.1, 0.15) is 31.9 Å². The molecule has 0 aliphatic heterocycles. The van der Waals surface area contributed by atoms with Crippen molar-refractivity contribution < 1.29 is 0 Å². The van der Waals surface area contributed by atoms with Gasteiger partial charge in [0.05, 0.1) is 0 Å². The second-order valence-electron chi connectivity index (χ2n) is 6.05. The Kier molecular flexibility index (Phi) is 5.85. The number of hydrogen-bond acceptors (Lipinski definition) is 3. The van der Waals surface area contributed by atoms with Gasteiger partial charge in [-0.2, -0.15) is 0 Å². The number of nitrogens with zero attached hydrogens (tertiary/aromatic N) is 1. The van der Waals surface area contributed by atoms with E-state index in [4.69, 9.17) is 0 Å². The predicted octanol–water partition coefficient (Wildman–Crippen LogP) is 5.02. The topological polar surface area (TPSA) is 24.9 Å². The van der Waals surface area contributed by atoms with E-state index < -0.39 is 0 Å². The lowest BCUT2D eigenvalue weighted by molar-refractivity contribution is 0.424. The Labute approximate surface area is 139 Å². The zero-order chi connectivity index (χ0) is 15.3. The molecule has 1 aromatic heterocycles. The number of rotatable bonds is 5. The van der Waals surface area contributed by atoms with Gasteiger partial charge < -0.3 is 5.32 Å². The summed E-state index contributed by atoms with van der Waals surface area (Å²) in [4.78, 5) is 5.48. The van der Waals surface area contributed by atoms with E-state index in [1.807, 2.05) is 24.2 Å². The van der Waals surface area contributed by atoms with E-state index >= 15 is 0 Å². The highest BCUT2D eigenvalue weighted by Crippen LogP contribution is 2.24. The van der Waals surface area contributed by atoms with E-state index in [1.165, 1.54) is 16.0 Å². The Morgan fingerprint density at radius 2 is 1.81 bits per heavy atom. The number of thioether (sulfide) groups is 1. The van der Waals surface area contributed by atoms with E-state index in [1.54, 1.807) is 0 Å². The van der Waals surface area contributed by atoms with Gasteiger partial charge in [-0.25, -0.2) is 0 Å². The fourth-order valence-electron chi connectivity index (χ4n) is 1.77. The summed E-state index contributed by atoms with van der Waals surface area (Å²) in [6, 6.07) is 10.9. The van der Waals surface area contributed by atoms with Gasteiger partial charge in [-0.15, -0.1) is 11.8 Å². The molecule has 0 amide bonds. The number of pyridine rings is 1. The van der Waals surface area contributed by atoms with Crippen LogP contribution in [0.4, 0.5) is 0 Å². The first-order valence-electron chi connectivity index (χ1n) is 6.98. The maximum absolute atomic E-state index is 4.19. The second-order valence-corrected chi connectivity index (χ2v) is 8.01. The van der Waals surface area contributed by atoms with Crippen molar-refractivity contribution in [1.82, 2.24) is 10.3 Å². The van der Waals surface area contributed by atoms with Crippen LogP contribution in [0.15, 0.2) is 52.1 Å². The Bertz CT molecular complexity index is 576. The molecule has 0 aliphatic rings. The van der Waals surface area contributed by atoms with Crippen LogP contribution in [0.3, 0.4) is 0 Å². The SMILES string of the molecule is CC(C)(C)NCc1ccc(SCc2cncc(Br)c2)cc1. The van der Waals surface area contributed by atoms with Crippen molar-refractivity contribution in [2.75, 3.05) is 0 Å². The Morgan fingerprint density at radius 3 is 2.43 bits per heavy atom. The summed E-state index contributed by atoms with van der Waals surface area (Å²) in [5, 5.41) is 3.50. The first kappa shape index (κ1) is 16.5. The van der Waals surface area contributed by atoms with Crippen LogP contribution in [0.2, 0.25) is 0 Å². The predicted molar refractivity (Wildman–Crippen MR) is 94.5 cm³/mol. The van der Waals surface area contributed by atoms with Crippen LogP contribution >= 0.6 is 27.7 Å². The van der Waals surface area contributed by atoms with Crippen LogP contribution in [-0.4, -0.2) is 10.5 Å². The molecule has 1 aromatic carbocycles. The zero-order valence-corrected chi connectivity index (χ0v) is 15.1. The largest absolute Gasteiger partial charge is 0.308 e. The first-order valence-corrected chi connectivity index (χ1v) is 8.76. The standard InChI is InChI=1S/C17H21BrN2S/c1-17(2,3)20-10-13-4-6-16(7-5-13)21-12-14-8-15(18)11-19-9-14/h4-9,11,20H,10,12H2,1-3H3. The highest BCUT2D eigenvalue weighted by molar-refractivity contribution is 9.10. The fraction of sp³-hybridized carbons (Fsp3) is 0.353. The quantitative estimate of drug-likeness (QED) is 0.753. The van der Waals surface area contributed by atoms with Crippen molar-refractivity contribution in [3.8, 4) is 0 Å². The maximum atomic E-state index is 4.19. The van der Waals surface area contributed by atoms with Crippen LogP contribution in [0.25, 0.3) is 0 Å². The van der Waals surface area contributed by atoms with Gasteiger partial charge in [0, 0.05) is 39.6 Å². The summed E-state index contributed by atoms with van der Waals surface area (Å²) in [5.74, 6) is 0.937. The minimum Gasteiger partial charge on any atom is -0.308 e. The van der Waals surface area contributed by atoms with Crippen molar-refractivity contribution >= 4 is 27.7 Å². The molecular weight excluding hydrogens is 344 g/mol. The summed E-state index contributed by atoms with van der Waals surface area (Å²) in [5.41, 5.74) is 2.70. The highest BCUT2D eigenvalue weighted by Gasteiger charge is 2.08.